The van der Waals surface area contributed by atoms with Crippen LogP contribution in [0.5, 0.6) is 11.5 Å². The summed E-state index contributed by atoms with van der Waals surface area (Å²) in [5, 5.41) is 24.1. The molecule has 4 aromatic rings. The van der Waals surface area contributed by atoms with Gasteiger partial charge in [0.15, 0.2) is 0 Å². The third-order valence-corrected chi connectivity index (χ3v) is 8.40. The molecule has 2 aliphatic heterocycles. The Hall–Kier alpha value is -4.80. The van der Waals surface area contributed by atoms with Gasteiger partial charge in [-0.25, -0.2) is 0 Å². The molecule has 4 aromatic carbocycles. The van der Waals surface area contributed by atoms with Crippen LogP contribution in [0.15, 0.2) is 72.8 Å². The van der Waals surface area contributed by atoms with Gasteiger partial charge >= 0.3 is 0 Å². The van der Waals surface area contributed by atoms with Crippen LogP contribution in [0, 0.1) is 34.1 Å². The Morgan fingerprint density at radius 3 is 1.47 bits per heavy atom. The molecule has 218 valence electrons. The van der Waals surface area contributed by atoms with E-state index in [1.807, 2.05) is 50.2 Å². The predicted molar refractivity (Wildman–Crippen MR) is 157 cm³/mol. The number of nitrogens with zero attached hydrogens (tertiary/aromatic N) is 2. The first-order chi connectivity index (χ1) is 20.8. The minimum atomic E-state index is -1.10. The molecule has 43 heavy (non-hydrogen) atoms. The average Bonchev–Trinajstić information content (AvgIpc) is 3.93. The molecule has 0 aromatic heterocycles. The lowest BCUT2D eigenvalue weighted by atomic mass is 9.67. The highest BCUT2D eigenvalue weighted by Gasteiger charge is 2.48. The van der Waals surface area contributed by atoms with Gasteiger partial charge in [-0.1, -0.05) is 24.3 Å². The van der Waals surface area contributed by atoms with E-state index in [0.29, 0.717) is 49.1 Å². The highest BCUT2D eigenvalue weighted by atomic mass is 16.6. The summed E-state index contributed by atoms with van der Waals surface area (Å²) in [7, 11) is 0. The van der Waals surface area contributed by atoms with E-state index in [1.54, 1.807) is 24.3 Å². The highest BCUT2D eigenvalue weighted by molar-refractivity contribution is 5.88. The minimum Gasteiger partial charge on any atom is -0.491 e. The molecule has 1 aliphatic carbocycles. The number of rotatable bonds is 10. The van der Waals surface area contributed by atoms with Crippen molar-refractivity contribution in [2.45, 2.75) is 31.5 Å². The summed E-state index contributed by atoms with van der Waals surface area (Å²) < 4.78 is 22.6. The molecule has 2 heterocycles. The SMILES string of the molecule is Cc1cc(C2(c3ccc(OCC4CO4)c(C)c3)c3cc([N+](=O)[O-])ccc3-c3ccc([N+](=O)[O-])cc32)ccc1OCC1CO1. The number of nitro benzene ring substituents is 2. The van der Waals surface area contributed by atoms with Crippen LogP contribution in [0.1, 0.15) is 33.4 Å². The summed E-state index contributed by atoms with van der Waals surface area (Å²) in [5.41, 5.74) is 5.03. The zero-order valence-electron chi connectivity index (χ0n) is 23.6. The third kappa shape index (κ3) is 4.68. The van der Waals surface area contributed by atoms with E-state index in [4.69, 9.17) is 18.9 Å². The average molecular weight is 581 g/mol. The number of epoxide rings is 2. The number of nitro groups is 2. The van der Waals surface area contributed by atoms with E-state index < -0.39 is 15.3 Å². The lowest BCUT2D eigenvalue weighted by molar-refractivity contribution is -0.385. The third-order valence-electron chi connectivity index (χ3n) is 8.40. The lowest BCUT2D eigenvalue weighted by Gasteiger charge is -2.34. The van der Waals surface area contributed by atoms with Crippen molar-refractivity contribution in [2.24, 2.45) is 0 Å². The molecular formula is C33H28N2O8. The van der Waals surface area contributed by atoms with Crippen LogP contribution in [0.4, 0.5) is 11.4 Å². The molecule has 2 fully saturated rings. The van der Waals surface area contributed by atoms with E-state index >= 15 is 0 Å². The van der Waals surface area contributed by atoms with Crippen LogP contribution in [0.3, 0.4) is 0 Å². The quantitative estimate of drug-likeness (QED) is 0.111. The Labute approximate surface area is 247 Å². The largest absolute Gasteiger partial charge is 0.491 e. The van der Waals surface area contributed by atoms with Crippen LogP contribution in [0.25, 0.3) is 11.1 Å². The van der Waals surface area contributed by atoms with Gasteiger partial charge in [-0.2, -0.15) is 0 Å². The molecule has 3 aliphatic rings. The molecule has 7 rings (SSSR count). The standard InChI is InChI=1S/C33H28N2O8/c1-19-11-21(3-9-31(19)42-17-25-15-40-25)33(22-4-10-32(20(2)12-22)43-18-26-16-41-26)29-13-23(34(36)37)5-7-27(29)28-8-6-24(35(38)39)14-30(28)33/h3-14,25-26H,15-18H2,1-2H3. The Balaban J connectivity index is 1.48. The second-order valence-corrected chi connectivity index (χ2v) is 11.2. The summed E-state index contributed by atoms with van der Waals surface area (Å²) in [6.45, 7) is 6.14. The summed E-state index contributed by atoms with van der Waals surface area (Å²) in [4.78, 5) is 23.2. The Bertz CT molecular complexity index is 1660. The number of hydrogen-bond donors (Lipinski definition) is 0. The van der Waals surface area contributed by atoms with Gasteiger partial charge in [0.2, 0.25) is 0 Å². The topological polar surface area (TPSA) is 130 Å². The minimum absolute atomic E-state index is 0.0624. The zero-order valence-corrected chi connectivity index (χ0v) is 23.6. The maximum atomic E-state index is 12.0. The first kappa shape index (κ1) is 27.1. The van der Waals surface area contributed by atoms with Crippen LogP contribution in [0.2, 0.25) is 0 Å². The maximum Gasteiger partial charge on any atom is 0.269 e. The van der Waals surface area contributed by atoms with Gasteiger partial charge in [0.1, 0.15) is 36.9 Å². The molecule has 10 heteroatoms. The molecule has 10 nitrogen and oxygen atoms in total. The number of benzene rings is 4. The van der Waals surface area contributed by atoms with Crippen LogP contribution >= 0.6 is 0 Å². The van der Waals surface area contributed by atoms with Crippen LogP contribution in [-0.4, -0.2) is 48.5 Å². The van der Waals surface area contributed by atoms with Gasteiger partial charge in [-0.05, 0) is 82.6 Å². The van der Waals surface area contributed by atoms with Crippen LogP contribution in [-0.2, 0) is 14.9 Å². The van der Waals surface area contributed by atoms with Crippen molar-refractivity contribution in [3.63, 3.8) is 0 Å². The van der Waals surface area contributed by atoms with E-state index in [2.05, 4.69) is 0 Å². The Morgan fingerprint density at radius 2 is 1.12 bits per heavy atom. The van der Waals surface area contributed by atoms with Gasteiger partial charge in [-0.3, -0.25) is 20.2 Å². The Kier molecular flexibility index (Phi) is 6.41. The Morgan fingerprint density at radius 1 is 0.698 bits per heavy atom. The fourth-order valence-corrected chi connectivity index (χ4v) is 6.10. The van der Waals surface area contributed by atoms with Gasteiger partial charge in [0, 0.05) is 24.3 Å². The second-order valence-electron chi connectivity index (χ2n) is 11.2. The van der Waals surface area contributed by atoms with Gasteiger partial charge < -0.3 is 18.9 Å². The van der Waals surface area contributed by atoms with Crippen molar-refractivity contribution in [3.8, 4) is 22.6 Å². The van der Waals surface area contributed by atoms with Gasteiger partial charge in [0.25, 0.3) is 11.4 Å². The summed E-state index contributed by atoms with van der Waals surface area (Å²) in [6.07, 6.45) is 0.186. The van der Waals surface area contributed by atoms with Gasteiger partial charge in [0.05, 0.1) is 28.5 Å². The van der Waals surface area contributed by atoms with Crippen molar-refractivity contribution < 1.29 is 28.8 Å². The fraction of sp³-hybridized carbons (Fsp3) is 0.273. The second kappa shape index (κ2) is 10.2. The number of hydrogen-bond acceptors (Lipinski definition) is 8. The smallest absolute Gasteiger partial charge is 0.269 e. The van der Waals surface area contributed by atoms with E-state index in [0.717, 1.165) is 33.4 Å². The predicted octanol–water partition coefficient (Wildman–Crippen LogP) is 6.04. The zero-order chi connectivity index (χ0) is 29.9. The van der Waals surface area contributed by atoms with Crippen molar-refractivity contribution in [3.05, 3.63) is 126 Å². The fourth-order valence-electron chi connectivity index (χ4n) is 6.10. The van der Waals surface area contributed by atoms with Crippen molar-refractivity contribution in [1.29, 1.82) is 0 Å². The first-order valence-electron chi connectivity index (χ1n) is 14.0. The highest BCUT2D eigenvalue weighted by Crippen LogP contribution is 2.58. The maximum absolute atomic E-state index is 12.0. The normalized spacial score (nSPS) is 18.8. The summed E-state index contributed by atoms with van der Waals surface area (Å²) in [5.74, 6) is 1.40. The summed E-state index contributed by atoms with van der Waals surface area (Å²) >= 11 is 0. The molecule has 0 spiro atoms. The van der Waals surface area contributed by atoms with E-state index in [-0.39, 0.29) is 23.6 Å². The molecule has 2 unspecified atom stereocenters. The van der Waals surface area contributed by atoms with Crippen molar-refractivity contribution >= 4 is 11.4 Å². The molecule has 2 atom stereocenters. The van der Waals surface area contributed by atoms with E-state index in [1.165, 1.54) is 12.1 Å². The van der Waals surface area contributed by atoms with E-state index in [9.17, 15) is 20.2 Å². The molecular weight excluding hydrogens is 552 g/mol. The summed E-state index contributed by atoms with van der Waals surface area (Å²) in [6, 6.07) is 21.3. The molecule has 0 saturated carbocycles. The molecule has 0 bridgehead atoms. The molecule has 2 saturated heterocycles. The van der Waals surface area contributed by atoms with Crippen molar-refractivity contribution in [2.75, 3.05) is 26.4 Å². The first-order valence-corrected chi connectivity index (χ1v) is 14.0. The molecule has 0 amide bonds. The van der Waals surface area contributed by atoms with Crippen LogP contribution < -0.4 is 9.47 Å². The monoisotopic (exact) mass is 580 g/mol. The molecule has 0 N–H and O–H groups in total. The number of fused-ring (bicyclic) bond motifs is 3. The van der Waals surface area contributed by atoms with Gasteiger partial charge in [-0.15, -0.1) is 0 Å². The van der Waals surface area contributed by atoms with Crippen molar-refractivity contribution in [1.82, 2.24) is 0 Å². The number of ether oxygens (including phenoxy) is 4. The lowest BCUT2D eigenvalue weighted by Crippen LogP contribution is -2.29. The number of non-ortho nitro benzene ring substituents is 2. The number of aryl methyl sites for hydroxylation is 2. The molecule has 0 radical (unpaired) electrons.